The number of aromatic carboxylic acids is 1. The van der Waals surface area contributed by atoms with Gasteiger partial charge in [0, 0.05) is 0 Å². The zero-order valence-corrected chi connectivity index (χ0v) is 9.72. The number of anilines is 1. The minimum Gasteiger partial charge on any atom is -0.476 e. The van der Waals surface area contributed by atoms with E-state index in [-0.39, 0.29) is 11.4 Å². The average Bonchev–Trinajstić information content (AvgIpc) is 2.14. The normalized spacial score (nSPS) is 10.8. The number of carboxylic acid groups (broad SMARTS) is 1. The molecule has 1 aromatic heterocycles. The van der Waals surface area contributed by atoms with Crippen molar-refractivity contribution in [3.8, 4) is 0 Å². The molecule has 0 unspecified atom stereocenters. The van der Waals surface area contributed by atoms with Gasteiger partial charge in [-0.1, -0.05) is 0 Å². The molecule has 0 spiro atoms. The molecule has 0 atom stereocenters. The molecule has 0 aliphatic heterocycles. The van der Waals surface area contributed by atoms with Crippen molar-refractivity contribution in [2.45, 2.75) is 26.4 Å². The van der Waals surface area contributed by atoms with E-state index in [0.29, 0.717) is 0 Å². The van der Waals surface area contributed by atoms with E-state index in [1.165, 1.54) is 12.3 Å². The number of rotatable bonds is 2. The van der Waals surface area contributed by atoms with E-state index in [0.717, 1.165) is 0 Å². The number of carbonyl (C=O) groups is 2. The first-order chi connectivity index (χ1) is 7.78. The third-order valence-corrected chi connectivity index (χ3v) is 1.52. The summed E-state index contributed by atoms with van der Waals surface area (Å²) in [5.41, 5.74) is -0.662. The molecule has 0 radical (unpaired) electrons. The molecular weight excluding hydrogens is 226 g/mol. The van der Waals surface area contributed by atoms with Crippen LogP contribution in [0.4, 0.5) is 10.5 Å². The maximum atomic E-state index is 11.4. The molecule has 1 amide bonds. The Balaban J connectivity index is 2.72. The van der Waals surface area contributed by atoms with Crippen LogP contribution in [0.15, 0.2) is 12.3 Å². The molecule has 7 heteroatoms. The van der Waals surface area contributed by atoms with Gasteiger partial charge in [-0.3, -0.25) is 5.32 Å². The topological polar surface area (TPSA) is 101 Å². The lowest BCUT2D eigenvalue weighted by molar-refractivity contribution is 0.0632. The molecule has 0 aromatic carbocycles. The second-order valence-corrected chi connectivity index (χ2v) is 4.26. The van der Waals surface area contributed by atoms with Gasteiger partial charge in [0.15, 0.2) is 5.69 Å². The Morgan fingerprint density at radius 2 is 2.06 bits per heavy atom. The number of aromatic nitrogens is 2. The third kappa shape index (κ3) is 4.45. The van der Waals surface area contributed by atoms with E-state index in [2.05, 4.69) is 15.5 Å². The molecule has 92 valence electrons. The highest BCUT2D eigenvalue weighted by Crippen LogP contribution is 2.11. The van der Waals surface area contributed by atoms with Crippen LogP contribution in [0, 0.1) is 0 Å². The second kappa shape index (κ2) is 4.77. The third-order valence-electron chi connectivity index (χ3n) is 1.52. The van der Waals surface area contributed by atoms with Gasteiger partial charge >= 0.3 is 12.1 Å². The summed E-state index contributed by atoms with van der Waals surface area (Å²) in [5, 5.41) is 17.9. The Hall–Kier alpha value is -2.18. The Kier molecular flexibility index (Phi) is 3.62. The second-order valence-electron chi connectivity index (χ2n) is 4.26. The van der Waals surface area contributed by atoms with Crippen LogP contribution in [0.3, 0.4) is 0 Å². The standard InChI is InChI=1S/C10H13N3O4/c1-10(2,3)17-9(16)12-6-4-7(8(14)15)13-11-5-6/h4-5H,1-3H3,(H,14,15)(H,12,13,16). The number of hydrogen-bond donors (Lipinski definition) is 2. The van der Waals surface area contributed by atoms with Crippen molar-refractivity contribution in [2.75, 3.05) is 5.32 Å². The quantitative estimate of drug-likeness (QED) is 0.811. The van der Waals surface area contributed by atoms with Crippen LogP contribution in [-0.2, 0) is 4.74 Å². The number of carbonyl (C=O) groups excluding carboxylic acids is 1. The lowest BCUT2D eigenvalue weighted by atomic mass is 10.2. The van der Waals surface area contributed by atoms with Crippen molar-refractivity contribution in [1.82, 2.24) is 10.2 Å². The van der Waals surface area contributed by atoms with Crippen molar-refractivity contribution in [3.63, 3.8) is 0 Å². The van der Waals surface area contributed by atoms with E-state index in [9.17, 15) is 9.59 Å². The Bertz CT molecular complexity index is 439. The van der Waals surface area contributed by atoms with Crippen LogP contribution in [0.1, 0.15) is 31.3 Å². The predicted octanol–water partition coefficient (Wildman–Crippen LogP) is 1.52. The van der Waals surface area contributed by atoms with E-state index < -0.39 is 17.7 Å². The highest BCUT2D eigenvalue weighted by Gasteiger charge is 2.16. The largest absolute Gasteiger partial charge is 0.476 e. The predicted molar refractivity (Wildman–Crippen MR) is 58.8 cm³/mol. The van der Waals surface area contributed by atoms with E-state index in [1.807, 2.05) is 0 Å². The fraction of sp³-hybridized carbons (Fsp3) is 0.400. The van der Waals surface area contributed by atoms with Crippen LogP contribution in [0.2, 0.25) is 0 Å². The molecule has 2 N–H and O–H groups in total. The minimum atomic E-state index is -1.22. The molecule has 0 saturated heterocycles. The molecule has 0 aliphatic carbocycles. The maximum absolute atomic E-state index is 11.4. The number of nitrogens with one attached hydrogen (secondary N) is 1. The lowest BCUT2D eigenvalue weighted by Crippen LogP contribution is -2.27. The Labute approximate surface area is 97.8 Å². The highest BCUT2D eigenvalue weighted by atomic mass is 16.6. The summed E-state index contributed by atoms with van der Waals surface area (Å²) in [6, 6.07) is 1.19. The van der Waals surface area contributed by atoms with Crippen molar-refractivity contribution < 1.29 is 19.4 Å². The van der Waals surface area contributed by atoms with Gasteiger partial charge in [-0.2, -0.15) is 5.10 Å². The highest BCUT2D eigenvalue weighted by molar-refractivity contribution is 5.89. The Morgan fingerprint density at radius 3 is 2.59 bits per heavy atom. The van der Waals surface area contributed by atoms with Gasteiger partial charge in [-0.05, 0) is 26.8 Å². The summed E-state index contributed by atoms with van der Waals surface area (Å²) in [7, 11) is 0. The molecule has 1 aromatic rings. The lowest BCUT2D eigenvalue weighted by Gasteiger charge is -2.19. The zero-order valence-electron chi connectivity index (χ0n) is 9.72. The Morgan fingerprint density at radius 1 is 1.41 bits per heavy atom. The van der Waals surface area contributed by atoms with Gasteiger partial charge in [0.1, 0.15) is 5.60 Å². The summed E-state index contributed by atoms with van der Waals surface area (Å²) in [4.78, 5) is 22.0. The van der Waals surface area contributed by atoms with Crippen LogP contribution in [0.25, 0.3) is 0 Å². The summed E-state index contributed by atoms with van der Waals surface area (Å²) in [5.74, 6) is -1.22. The summed E-state index contributed by atoms with van der Waals surface area (Å²) in [6.07, 6.45) is 0.554. The van der Waals surface area contributed by atoms with Gasteiger partial charge in [0.05, 0.1) is 11.9 Å². The number of carboxylic acids is 1. The number of ether oxygens (including phenoxy) is 1. The van der Waals surface area contributed by atoms with Crippen LogP contribution >= 0.6 is 0 Å². The van der Waals surface area contributed by atoms with Crippen molar-refractivity contribution in [2.24, 2.45) is 0 Å². The van der Waals surface area contributed by atoms with Crippen LogP contribution < -0.4 is 5.32 Å². The molecule has 1 rings (SSSR count). The SMILES string of the molecule is CC(C)(C)OC(=O)Nc1cnnc(C(=O)O)c1. The smallest absolute Gasteiger partial charge is 0.412 e. The summed E-state index contributed by atoms with van der Waals surface area (Å²) >= 11 is 0. The average molecular weight is 239 g/mol. The molecule has 7 nitrogen and oxygen atoms in total. The number of nitrogens with zero attached hydrogens (tertiary/aromatic N) is 2. The van der Waals surface area contributed by atoms with Gasteiger partial charge in [-0.15, -0.1) is 5.10 Å². The number of amides is 1. The zero-order chi connectivity index (χ0) is 13.1. The summed E-state index contributed by atoms with van der Waals surface area (Å²) in [6.45, 7) is 5.17. The molecule has 0 saturated carbocycles. The van der Waals surface area contributed by atoms with Crippen molar-refractivity contribution in [3.05, 3.63) is 18.0 Å². The molecular formula is C10H13N3O4. The first-order valence-corrected chi connectivity index (χ1v) is 4.84. The first-order valence-electron chi connectivity index (χ1n) is 4.84. The molecule has 0 aliphatic rings. The maximum Gasteiger partial charge on any atom is 0.412 e. The van der Waals surface area contributed by atoms with Crippen LogP contribution in [-0.4, -0.2) is 33.0 Å². The van der Waals surface area contributed by atoms with Gasteiger partial charge < -0.3 is 9.84 Å². The van der Waals surface area contributed by atoms with Crippen molar-refractivity contribution in [1.29, 1.82) is 0 Å². The molecule has 0 fully saturated rings. The first kappa shape index (κ1) is 12.9. The van der Waals surface area contributed by atoms with Gasteiger partial charge in [-0.25, -0.2) is 9.59 Å². The fourth-order valence-electron chi connectivity index (χ4n) is 0.961. The number of hydrogen-bond acceptors (Lipinski definition) is 5. The molecule has 17 heavy (non-hydrogen) atoms. The fourth-order valence-corrected chi connectivity index (χ4v) is 0.961. The van der Waals surface area contributed by atoms with Crippen molar-refractivity contribution >= 4 is 17.7 Å². The van der Waals surface area contributed by atoms with Gasteiger partial charge in [0.2, 0.25) is 0 Å². The van der Waals surface area contributed by atoms with Crippen LogP contribution in [0.5, 0.6) is 0 Å². The van der Waals surface area contributed by atoms with E-state index >= 15 is 0 Å². The van der Waals surface area contributed by atoms with E-state index in [1.54, 1.807) is 20.8 Å². The minimum absolute atomic E-state index is 0.214. The van der Waals surface area contributed by atoms with Gasteiger partial charge in [0.25, 0.3) is 0 Å². The monoisotopic (exact) mass is 239 g/mol. The molecule has 1 heterocycles. The van der Waals surface area contributed by atoms with E-state index in [4.69, 9.17) is 9.84 Å². The summed E-state index contributed by atoms with van der Waals surface area (Å²) < 4.78 is 5.00. The molecule has 0 bridgehead atoms.